The van der Waals surface area contributed by atoms with Crippen molar-refractivity contribution in [1.29, 1.82) is 0 Å². The number of likely N-dealkylation sites (N-methyl/N-ethyl adjacent to an activating group) is 1. The van der Waals surface area contributed by atoms with Crippen LogP contribution in [0.1, 0.15) is 33.8 Å². The first-order valence-corrected chi connectivity index (χ1v) is 9.86. The number of amides is 1. The smallest absolute Gasteiger partial charge is 0.258 e. The molecule has 27 heavy (non-hydrogen) atoms. The van der Waals surface area contributed by atoms with Gasteiger partial charge in [-0.2, -0.15) is 0 Å². The van der Waals surface area contributed by atoms with Gasteiger partial charge in [0.2, 0.25) is 0 Å². The zero-order valence-electron chi connectivity index (χ0n) is 15.9. The lowest BCUT2D eigenvalue weighted by Crippen LogP contribution is -3.11. The Hall–Kier alpha value is -2.65. The molecule has 3 atom stereocenters. The van der Waals surface area contributed by atoms with E-state index in [0.29, 0.717) is 5.92 Å². The molecule has 2 aliphatic heterocycles. The van der Waals surface area contributed by atoms with Gasteiger partial charge in [0, 0.05) is 17.7 Å². The quantitative estimate of drug-likeness (QED) is 0.711. The third-order valence-electron chi connectivity index (χ3n) is 6.29. The number of fused-ring (bicyclic) bond motifs is 4. The molecule has 1 saturated heterocycles. The minimum atomic E-state index is 0.137. The number of anilines is 1. The van der Waals surface area contributed by atoms with Crippen LogP contribution in [0.15, 0.2) is 60.7 Å². The third kappa shape index (κ3) is 2.65. The molecule has 3 nitrogen and oxygen atoms in total. The molecule has 0 radical (unpaired) electrons. The van der Waals surface area contributed by atoms with Crippen molar-refractivity contribution in [2.75, 3.05) is 25.0 Å². The summed E-state index contributed by atoms with van der Waals surface area (Å²) in [6, 6.07) is 21.2. The van der Waals surface area contributed by atoms with Crippen LogP contribution in [0.25, 0.3) is 10.8 Å². The highest BCUT2D eigenvalue weighted by Gasteiger charge is 2.45. The van der Waals surface area contributed by atoms with Gasteiger partial charge in [0.25, 0.3) is 5.91 Å². The van der Waals surface area contributed by atoms with Gasteiger partial charge < -0.3 is 9.80 Å². The maximum atomic E-state index is 13.6. The molecule has 0 aromatic heterocycles. The normalized spacial score (nSPS) is 23.9. The summed E-state index contributed by atoms with van der Waals surface area (Å²) in [7, 11) is 2.26. The Balaban J connectivity index is 1.59. The number of piperidine rings is 1. The van der Waals surface area contributed by atoms with Crippen molar-refractivity contribution in [3.05, 3.63) is 77.4 Å². The highest BCUT2D eigenvalue weighted by molar-refractivity contribution is 6.09. The molecule has 3 aromatic rings. The molecule has 3 aromatic carbocycles. The van der Waals surface area contributed by atoms with Crippen molar-refractivity contribution in [1.82, 2.24) is 0 Å². The Labute approximate surface area is 160 Å². The Morgan fingerprint density at radius 1 is 1.04 bits per heavy atom. The number of hydrogen-bond donors (Lipinski definition) is 1. The van der Waals surface area contributed by atoms with Gasteiger partial charge in [-0.1, -0.05) is 48.0 Å². The Bertz CT molecular complexity index is 1040. The lowest BCUT2D eigenvalue weighted by Gasteiger charge is -2.34. The average Bonchev–Trinajstić information content (AvgIpc) is 3.00. The molecule has 136 valence electrons. The van der Waals surface area contributed by atoms with Gasteiger partial charge in [-0.15, -0.1) is 0 Å². The van der Waals surface area contributed by atoms with E-state index < -0.39 is 0 Å². The zero-order valence-corrected chi connectivity index (χ0v) is 15.9. The number of likely N-dealkylation sites (tertiary alicyclic amines) is 1. The van der Waals surface area contributed by atoms with Crippen LogP contribution in [0.4, 0.5) is 5.69 Å². The van der Waals surface area contributed by atoms with Gasteiger partial charge in [-0.05, 0) is 41.5 Å². The lowest BCUT2D eigenvalue weighted by molar-refractivity contribution is -0.886. The molecule has 0 spiro atoms. The Morgan fingerprint density at radius 3 is 2.70 bits per heavy atom. The number of nitrogens with zero attached hydrogens (tertiary/aromatic N) is 1. The summed E-state index contributed by atoms with van der Waals surface area (Å²) in [5.74, 6) is 0.580. The first-order valence-electron chi connectivity index (χ1n) is 9.86. The first kappa shape index (κ1) is 16.5. The zero-order chi connectivity index (χ0) is 18.5. The van der Waals surface area contributed by atoms with Crippen LogP contribution >= 0.6 is 0 Å². The summed E-state index contributed by atoms with van der Waals surface area (Å²) in [6.07, 6.45) is 1.06. The number of carbonyl (C=O) groups is 1. The van der Waals surface area contributed by atoms with E-state index in [9.17, 15) is 4.79 Å². The predicted molar refractivity (Wildman–Crippen MR) is 110 cm³/mol. The molecule has 1 fully saturated rings. The van der Waals surface area contributed by atoms with E-state index in [4.69, 9.17) is 0 Å². The van der Waals surface area contributed by atoms with E-state index in [-0.39, 0.29) is 11.9 Å². The van der Waals surface area contributed by atoms with Crippen LogP contribution in [-0.2, 0) is 0 Å². The predicted octanol–water partition coefficient (Wildman–Crippen LogP) is 3.18. The highest BCUT2D eigenvalue weighted by atomic mass is 16.2. The van der Waals surface area contributed by atoms with Crippen LogP contribution in [0.5, 0.6) is 0 Å². The number of hydrogen-bond acceptors (Lipinski definition) is 1. The van der Waals surface area contributed by atoms with Gasteiger partial charge in [-0.3, -0.25) is 4.79 Å². The minimum Gasteiger partial charge on any atom is -0.337 e. The molecule has 0 aliphatic carbocycles. The van der Waals surface area contributed by atoms with E-state index in [1.165, 1.54) is 16.5 Å². The summed E-state index contributed by atoms with van der Waals surface area (Å²) in [6.45, 7) is 4.36. The van der Waals surface area contributed by atoms with Crippen molar-refractivity contribution in [2.45, 2.75) is 25.3 Å². The molecular formula is C24H25N2O+. The largest absolute Gasteiger partial charge is 0.337 e. The summed E-state index contributed by atoms with van der Waals surface area (Å²) < 4.78 is 0. The molecule has 2 heterocycles. The van der Waals surface area contributed by atoms with Crippen molar-refractivity contribution in [3.63, 3.8) is 0 Å². The number of nitrogens with one attached hydrogen (secondary N) is 1. The number of rotatable bonds is 1. The number of benzene rings is 3. The van der Waals surface area contributed by atoms with Crippen LogP contribution in [0.2, 0.25) is 0 Å². The summed E-state index contributed by atoms with van der Waals surface area (Å²) >= 11 is 0. The Morgan fingerprint density at radius 2 is 1.85 bits per heavy atom. The summed E-state index contributed by atoms with van der Waals surface area (Å²) in [5, 5.41) is 2.29. The van der Waals surface area contributed by atoms with Crippen LogP contribution in [0, 0.1) is 6.92 Å². The van der Waals surface area contributed by atoms with Crippen molar-refractivity contribution >= 4 is 22.4 Å². The SMILES string of the molecule is Cc1ccc2c(c1)[C@@H]1C[NH+](C)CC[C@@H]1N2C(=O)c1ccc2ccccc2c1. The van der Waals surface area contributed by atoms with Crippen molar-refractivity contribution < 1.29 is 9.69 Å². The molecular weight excluding hydrogens is 332 g/mol. The molecule has 2 aliphatic rings. The number of carbonyl (C=O) groups excluding carboxylic acids is 1. The van der Waals surface area contributed by atoms with Gasteiger partial charge in [0.15, 0.2) is 0 Å². The molecule has 0 bridgehead atoms. The molecule has 3 heteroatoms. The van der Waals surface area contributed by atoms with Crippen LogP contribution < -0.4 is 9.80 Å². The van der Waals surface area contributed by atoms with E-state index in [2.05, 4.69) is 55.3 Å². The molecule has 5 rings (SSSR count). The summed E-state index contributed by atoms with van der Waals surface area (Å²) in [4.78, 5) is 17.2. The lowest BCUT2D eigenvalue weighted by atomic mass is 9.88. The molecule has 1 N–H and O–H groups in total. The fourth-order valence-electron chi connectivity index (χ4n) is 4.93. The van der Waals surface area contributed by atoms with E-state index >= 15 is 0 Å². The van der Waals surface area contributed by atoms with Crippen molar-refractivity contribution in [2.24, 2.45) is 0 Å². The monoisotopic (exact) mass is 357 g/mol. The summed E-state index contributed by atoms with van der Waals surface area (Å²) in [5.41, 5.74) is 4.53. The third-order valence-corrected chi connectivity index (χ3v) is 6.29. The maximum absolute atomic E-state index is 13.6. The molecule has 0 saturated carbocycles. The van der Waals surface area contributed by atoms with Gasteiger partial charge in [0.1, 0.15) is 0 Å². The van der Waals surface area contributed by atoms with E-state index in [0.717, 1.165) is 36.1 Å². The first-order chi connectivity index (χ1) is 13.1. The van der Waals surface area contributed by atoms with E-state index in [1.807, 2.05) is 24.3 Å². The fraction of sp³-hybridized carbons (Fsp3) is 0.292. The Kier molecular flexibility index (Phi) is 3.80. The van der Waals surface area contributed by atoms with Gasteiger partial charge in [0.05, 0.1) is 32.1 Å². The second-order valence-corrected chi connectivity index (χ2v) is 8.17. The van der Waals surface area contributed by atoms with Crippen molar-refractivity contribution in [3.8, 4) is 0 Å². The molecule has 1 unspecified atom stereocenters. The molecule has 1 amide bonds. The second kappa shape index (κ2) is 6.21. The number of quaternary nitrogens is 1. The van der Waals surface area contributed by atoms with Crippen LogP contribution in [0.3, 0.4) is 0 Å². The van der Waals surface area contributed by atoms with Crippen LogP contribution in [-0.4, -0.2) is 32.1 Å². The second-order valence-electron chi connectivity index (χ2n) is 8.17. The van der Waals surface area contributed by atoms with Gasteiger partial charge >= 0.3 is 0 Å². The maximum Gasteiger partial charge on any atom is 0.258 e. The minimum absolute atomic E-state index is 0.137. The standard InChI is InChI=1S/C24H24N2O/c1-16-7-10-22-20(13-16)21-15-25(2)12-11-23(21)26(22)24(27)19-9-8-17-5-3-4-6-18(17)14-19/h3-10,13-14,21,23H,11-12,15H2,1-2H3/p+1/t21-,23-/m0/s1. The number of aryl methyl sites for hydroxylation is 1. The average molecular weight is 357 g/mol. The fourth-order valence-corrected chi connectivity index (χ4v) is 4.93. The van der Waals surface area contributed by atoms with Gasteiger partial charge in [-0.25, -0.2) is 0 Å². The topological polar surface area (TPSA) is 24.8 Å². The van der Waals surface area contributed by atoms with E-state index in [1.54, 1.807) is 4.90 Å². The highest BCUT2D eigenvalue weighted by Crippen LogP contribution is 2.43.